The highest BCUT2D eigenvalue weighted by Crippen LogP contribution is 2.38. The molecular formula is C8H3ClF5NO. The van der Waals surface area contributed by atoms with Gasteiger partial charge in [0.2, 0.25) is 0 Å². The van der Waals surface area contributed by atoms with Gasteiger partial charge in [-0.2, -0.15) is 13.2 Å². The molecular weight excluding hydrogens is 257 g/mol. The summed E-state index contributed by atoms with van der Waals surface area (Å²) < 4.78 is 61.9. The van der Waals surface area contributed by atoms with Gasteiger partial charge in [-0.25, -0.2) is 13.8 Å². The molecule has 0 aromatic carbocycles. The van der Waals surface area contributed by atoms with Crippen LogP contribution in [0.15, 0.2) is 6.20 Å². The predicted molar refractivity (Wildman–Crippen MR) is 44.6 cm³/mol. The highest BCUT2D eigenvalue weighted by atomic mass is 35.5. The average Bonchev–Trinajstić information content (AvgIpc) is 2.14. The molecule has 1 aromatic heterocycles. The van der Waals surface area contributed by atoms with E-state index in [0.29, 0.717) is 0 Å². The normalized spacial score (nSPS) is 11.9. The molecule has 0 spiro atoms. The van der Waals surface area contributed by atoms with Crippen LogP contribution in [-0.2, 0) is 6.18 Å². The Labute approximate surface area is 91.0 Å². The Morgan fingerprint density at radius 2 is 1.94 bits per heavy atom. The van der Waals surface area contributed by atoms with Gasteiger partial charge in [0.15, 0.2) is 6.29 Å². The second-order valence-corrected chi connectivity index (χ2v) is 3.06. The molecule has 1 aromatic rings. The number of pyridine rings is 1. The maximum atomic E-state index is 12.4. The quantitative estimate of drug-likeness (QED) is 0.462. The van der Waals surface area contributed by atoms with Crippen molar-refractivity contribution in [3.8, 4) is 0 Å². The first-order valence-electron chi connectivity index (χ1n) is 3.78. The Morgan fingerprint density at radius 3 is 2.31 bits per heavy atom. The fourth-order valence-corrected chi connectivity index (χ4v) is 1.28. The largest absolute Gasteiger partial charge is 0.418 e. The number of halogens is 6. The molecule has 0 saturated carbocycles. The van der Waals surface area contributed by atoms with Gasteiger partial charge < -0.3 is 0 Å². The van der Waals surface area contributed by atoms with Crippen LogP contribution < -0.4 is 0 Å². The first kappa shape index (κ1) is 12.8. The van der Waals surface area contributed by atoms with Crippen LogP contribution >= 0.6 is 11.6 Å². The second kappa shape index (κ2) is 4.32. The van der Waals surface area contributed by atoms with Gasteiger partial charge in [-0.15, -0.1) is 0 Å². The molecule has 0 amide bonds. The van der Waals surface area contributed by atoms with Gasteiger partial charge in [0.05, 0.1) is 11.1 Å². The summed E-state index contributed by atoms with van der Waals surface area (Å²) in [4.78, 5) is 13.4. The van der Waals surface area contributed by atoms with Gasteiger partial charge in [0, 0.05) is 11.8 Å². The molecule has 0 aliphatic heterocycles. The van der Waals surface area contributed by atoms with E-state index in [0.717, 1.165) is 0 Å². The van der Waals surface area contributed by atoms with Crippen LogP contribution in [0.5, 0.6) is 0 Å². The lowest BCUT2D eigenvalue weighted by Gasteiger charge is -2.13. The third kappa shape index (κ3) is 2.29. The van der Waals surface area contributed by atoms with Crippen LogP contribution in [0.1, 0.15) is 27.9 Å². The summed E-state index contributed by atoms with van der Waals surface area (Å²) in [6, 6.07) is 0. The number of rotatable bonds is 2. The van der Waals surface area contributed by atoms with Crippen LogP contribution in [-0.4, -0.2) is 11.3 Å². The Hall–Kier alpha value is -1.24. The minimum Gasteiger partial charge on any atom is -0.298 e. The van der Waals surface area contributed by atoms with E-state index in [1.54, 1.807) is 0 Å². The number of carbonyl (C=O) groups is 1. The van der Waals surface area contributed by atoms with E-state index in [-0.39, 0.29) is 12.5 Å². The van der Waals surface area contributed by atoms with Crippen LogP contribution in [0.2, 0.25) is 5.15 Å². The Kier molecular flexibility index (Phi) is 3.47. The summed E-state index contributed by atoms with van der Waals surface area (Å²) in [5.74, 6) is 0. The molecule has 16 heavy (non-hydrogen) atoms. The third-order valence-corrected chi connectivity index (χ3v) is 2.05. The molecule has 0 atom stereocenters. The summed E-state index contributed by atoms with van der Waals surface area (Å²) in [6.45, 7) is 0. The van der Waals surface area contributed by atoms with E-state index >= 15 is 0 Å². The first-order chi connectivity index (χ1) is 7.29. The molecule has 0 saturated heterocycles. The summed E-state index contributed by atoms with van der Waals surface area (Å²) in [5.41, 5.74) is -4.04. The number of aldehydes is 1. The number of hydrogen-bond donors (Lipinski definition) is 0. The molecule has 0 aliphatic carbocycles. The lowest BCUT2D eigenvalue weighted by Crippen LogP contribution is -2.13. The molecule has 0 bridgehead atoms. The van der Waals surface area contributed by atoms with Crippen molar-refractivity contribution in [3.63, 3.8) is 0 Å². The minimum absolute atomic E-state index is 0.175. The maximum absolute atomic E-state index is 12.4. The number of carbonyl (C=O) groups excluding carboxylic acids is 1. The van der Waals surface area contributed by atoms with E-state index < -0.39 is 34.4 Å². The highest BCUT2D eigenvalue weighted by Gasteiger charge is 2.38. The summed E-state index contributed by atoms with van der Waals surface area (Å²) in [5, 5.41) is -0.682. The fourth-order valence-electron chi connectivity index (χ4n) is 1.09. The molecule has 8 heteroatoms. The smallest absolute Gasteiger partial charge is 0.298 e. The van der Waals surface area contributed by atoms with Crippen molar-refractivity contribution in [3.05, 3.63) is 28.0 Å². The van der Waals surface area contributed by atoms with E-state index in [2.05, 4.69) is 4.98 Å². The lowest BCUT2D eigenvalue weighted by atomic mass is 10.1. The lowest BCUT2D eigenvalue weighted by molar-refractivity contribution is -0.139. The Bertz CT molecular complexity index is 418. The molecule has 1 rings (SSSR count). The van der Waals surface area contributed by atoms with Gasteiger partial charge in [0.25, 0.3) is 6.43 Å². The van der Waals surface area contributed by atoms with Gasteiger partial charge in [-0.05, 0) is 0 Å². The van der Waals surface area contributed by atoms with Crippen molar-refractivity contribution in [1.82, 2.24) is 4.98 Å². The molecule has 1 heterocycles. The van der Waals surface area contributed by atoms with Crippen molar-refractivity contribution >= 4 is 17.9 Å². The van der Waals surface area contributed by atoms with Crippen molar-refractivity contribution in [2.75, 3.05) is 0 Å². The predicted octanol–water partition coefficient (Wildman–Crippen LogP) is 3.50. The standard InChI is InChI=1S/C8H3ClF5NO/c9-6-3(2-16)5(7(10)11)4(1-15-6)8(12,13)14/h1-2,7H. The Morgan fingerprint density at radius 1 is 1.38 bits per heavy atom. The Balaban J connectivity index is 3.58. The number of nitrogens with zero attached hydrogens (tertiary/aromatic N) is 1. The third-order valence-electron chi connectivity index (χ3n) is 1.75. The van der Waals surface area contributed by atoms with Gasteiger partial charge in [0.1, 0.15) is 5.15 Å². The number of hydrogen-bond acceptors (Lipinski definition) is 2. The SMILES string of the molecule is O=Cc1c(Cl)ncc(C(F)(F)F)c1C(F)F. The molecule has 0 fully saturated rings. The van der Waals surface area contributed by atoms with Gasteiger partial charge in [-0.1, -0.05) is 11.6 Å². The minimum atomic E-state index is -5.01. The van der Waals surface area contributed by atoms with Crippen molar-refractivity contribution in [1.29, 1.82) is 0 Å². The topological polar surface area (TPSA) is 30.0 Å². The summed E-state index contributed by atoms with van der Waals surface area (Å²) in [6.07, 6.45) is -8.47. The zero-order chi connectivity index (χ0) is 12.5. The summed E-state index contributed by atoms with van der Waals surface area (Å²) in [7, 11) is 0. The zero-order valence-corrected chi connectivity index (χ0v) is 8.11. The van der Waals surface area contributed by atoms with Gasteiger partial charge in [-0.3, -0.25) is 4.79 Å². The van der Waals surface area contributed by atoms with Crippen LogP contribution in [0, 0.1) is 0 Å². The van der Waals surface area contributed by atoms with Gasteiger partial charge >= 0.3 is 6.18 Å². The molecule has 0 N–H and O–H groups in total. The molecule has 0 unspecified atom stereocenters. The van der Waals surface area contributed by atoms with Crippen LogP contribution in [0.25, 0.3) is 0 Å². The zero-order valence-electron chi connectivity index (χ0n) is 7.36. The maximum Gasteiger partial charge on any atom is 0.418 e. The fraction of sp³-hybridized carbons (Fsp3) is 0.250. The molecule has 0 aliphatic rings. The monoisotopic (exact) mass is 259 g/mol. The van der Waals surface area contributed by atoms with E-state index in [9.17, 15) is 26.7 Å². The summed E-state index contributed by atoms with van der Waals surface area (Å²) >= 11 is 5.25. The first-order valence-corrected chi connectivity index (χ1v) is 4.15. The van der Waals surface area contributed by atoms with E-state index in [1.165, 1.54) is 0 Å². The van der Waals surface area contributed by atoms with Crippen molar-refractivity contribution < 1.29 is 26.7 Å². The number of alkyl halides is 5. The van der Waals surface area contributed by atoms with E-state index in [1.807, 2.05) is 0 Å². The molecule has 0 radical (unpaired) electrons. The molecule has 2 nitrogen and oxygen atoms in total. The average molecular weight is 260 g/mol. The van der Waals surface area contributed by atoms with Crippen LogP contribution in [0.3, 0.4) is 0 Å². The van der Waals surface area contributed by atoms with Crippen molar-refractivity contribution in [2.45, 2.75) is 12.6 Å². The van der Waals surface area contributed by atoms with Crippen LogP contribution in [0.4, 0.5) is 22.0 Å². The highest BCUT2D eigenvalue weighted by molar-refractivity contribution is 6.31. The molecule has 88 valence electrons. The van der Waals surface area contributed by atoms with Crippen molar-refractivity contribution in [2.24, 2.45) is 0 Å². The number of aromatic nitrogens is 1. The van der Waals surface area contributed by atoms with E-state index in [4.69, 9.17) is 11.6 Å². The second-order valence-electron chi connectivity index (χ2n) is 2.71.